The quantitative estimate of drug-likeness (QED) is 0.830. The highest BCUT2D eigenvalue weighted by molar-refractivity contribution is 7.89. The highest BCUT2D eigenvalue weighted by Gasteiger charge is 2.27. The van der Waals surface area contributed by atoms with Crippen LogP contribution >= 0.6 is 11.6 Å². The van der Waals surface area contributed by atoms with Crippen LogP contribution in [0.25, 0.3) is 0 Å². The summed E-state index contributed by atoms with van der Waals surface area (Å²) in [6.07, 6.45) is -0.00474. The van der Waals surface area contributed by atoms with Crippen LogP contribution < -0.4 is 4.72 Å². The number of nitrogens with one attached hydrogen (secondary N) is 1. The summed E-state index contributed by atoms with van der Waals surface area (Å²) >= 11 is 5.82. The molecule has 0 atom stereocenters. The Hall–Kier alpha value is -1.62. The molecule has 0 radical (unpaired) electrons. The molecule has 1 aromatic carbocycles. The Morgan fingerprint density at radius 3 is 2.57 bits per heavy atom. The third-order valence-corrected chi connectivity index (χ3v) is 4.75. The van der Waals surface area contributed by atoms with Gasteiger partial charge in [-0.1, -0.05) is 11.6 Å². The minimum Gasteiger partial charge on any atom is -0.481 e. The first-order valence-corrected chi connectivity index (χ1v) is 7.89. The summed E-state index contributed by atoms with van der Waals surface area (Å²) in [6.45, 7) is 3.19. The van der Waals surface area contributed by atoms with E-state index in [0.29, 0.717) is 0 Å². The van der Waals surface area contributed by atoms with E-state index in [-0.39, 0.29) is 28.3 Å². The predicted octanol–water partition coefficient (Wildman–Crippen LogP) is 2.13. The maximum absolute atomic E-state index is 12.2. The molecule has 8 heteroatoms. The van der Waals surface area contributed by atoms with Crippen LogP contribution in [0.4, 0.5) is 0 Å². The van der Waals surface area contributed by atoms with Crippen LogP contribution in [0.15, 0.2) is 23.1 Å². The van der Waals surface area contributed by atoms with Crippen LogP contribution in [-0.2, 0) is 14.8 Å². The second-order valence-electron chi connectivity index (χ2n) is 5.14. The van der Waals surface area contributed by atoms with Crippen molar-refractivity contribution in [1.82, 2.24) is 4.72 Å². The second-order valence-corrected chi connectivity index (χ2v) is 7.23. The van der Waals surface area contributed by atoms with E-state index in [1.807, 2.05) is 6.07 Å². The van der Waals surface area contributed by atoms with Crippen LogP contribution in [-0.4, -0.2) is 25.0 Å². The zero-order valence-electron chi connectivity index (χ0n) is 11.6. The maximum Gasteiger partial charge on any atom is 0.303 e. The van der Waals surface area contributed by atoms with Crippen LogP contribution in [0.2, 0.25) is 5.02 Å². The lowest BCUT2D eigenvalue weighted by atomic mass is 10.0. The topological polar surface area (TPSA) is 107 Å². The van der Waals surface area contributed by atoms with Gasteiger partial charge in [0, 0.05) is 12.0 Å². The Kier molecular flexibility index (Phi) is 5.34. The number of hydrogen-bond acceptors (Lipinski definition) is 4. The highest BCUT2D eigenvalue weighted by Crippen LogP contribution is 2.22. The fourth-order valence-corrected chi connectivity index (χ4v) is 3.40. The Labute approximate surface area is 128 Å². The molecule has 0 heterocycles. The van der Waals surface area contributed by atoms with Crippen LogP contribution in [0.1, 0.15) is 32.3 Å². The molecule has 0 spiro atoms. The smallest absolute Gasteiger partial charge is 0.303 e. The Morgan fingerprint density at radius 1 is 1.48 bits per heavy atom. The van der Waals surface area contributed by atoms with Gasteiger partial charge in [0.1, 0.15) is 6.07 Å². The SMILES string of the molecule is CC(C)(CCC(=O)O)NS(=O)(=O)c1ccc(C#N)c(Cl)c1. The number of carboxylic acids is 1. The van der Waals surface area contributed by atoms with Crippen molar-refractivity contribution in [2.45, 2.75) is 37.1 Å². The number of hydrogen-bond donors (Lipinski definition) is 2. The van der Waals surface area contributed by atoms with E-state index in [9.17, 15) is 13.2 Å². The molecule has 0 fully saturated rings. The molecule has 0 saturated carbocycles. The summed E-state index contributed by atoms with van der Waals surface area (Å²) in [4.78, 5) is 10.5. The van der Waals surface area contributed by atoms with Crippen molar-refractivity contribution in [3.8, 4) is 6.07 Å². The van der Waals surface area contributed by atoms with Gasteiger partial charge >= 0.3 is 5.97 Å². The molecule has 6 nitrogen and oxygen atoms in total. The van der Waals surface area contributed by atoms with Gasteiger partial charge in [0.25, 0.3) is 0 Å². The van der Waals surface area contributed by atoms with Crippen molar-refractivity contribution < 1.29 is 18.3 Å². The number of nitrogens with zero attached hydrogens (tertiary/aromatic N) is 1. The molecule has 2 N–H and O–H groups in total. The van der Waals surface area contributed by atoms with Gasteiger partial charge in [0.05, 0.1) is 15.5 Å². The number of rotatable bonds is 6. The average Bonchev–Trinajstić information content (AvgIpc) is 2.35. The Bertz CT molecular complexity index is 693. The van der Waals surface area contributed by atoms with Crippen LogP contribution in [0.3, 0.4) is 0 Å². The van der Waals surface area contributed by atoms with Gasteiger partial charge < -0.3 is 5.11 Å². The maximum atomic E-state index is 12.2. The normalized spacial score (nSPS) is 11.9. The van der Waals surface area contributed by atoms with E-state index in [4.69, 9.17) is 22.0 Å². The number of nitriles is 1. The summed E-state index contributed by atoms with van der Waals surface area (Å²) in [5.74, 6) is -0.997. The number of benzene rings is 1. The second kappa shape index (κ2) is 6.43. The molecule has 0 aliphatic carbocycles. The molecule has 0 saturated heterocycles. The molecular weight excluding hydrogens is 316 g/mol. The zero-order chi connectivity index (χ0) is 16.3. The first-order chi connectivity index (χ1) is 9.57. The molecule has 1 aromatic rings. The summed E-state index contributed by atoms with van der Waals surface area (Å²) < 4.78 is 26.9. The molecule has 0 aromatic heterocycles. The predicted molar refractivity (Wildman–Crippen MR) is 77.4 cm³/mol. The molecule has 21 heavy (non-hydrogen) atoms. The molecule has 1 rings (SSSR count). The van der Waals surface area contributed by atoms with Crippen LogP contribution in [0, 0.1) is 11.3 Å². The third kappa shape index (κ3) is 5.01. The Balaban J connectivity index is 2.99. The largest absolute Gasteiger partial charge is 0.481 e. The van der Waals surface area contributed by atoms with Crippen molar-refractivity contribution in [2.75, 3.05) is 0 Å². The number of halogens is 1. The van der Waals surface area contributed by atoms with Gasteiger partial charge in [-0.15, -0.1) is 0 Å². The van der Waals surface area contributed by atoms with Gasteiger partial charge in [-0.3, -0.25) is 4.79 Å². The molecular formula is C13H15ClN2O4S. The zero-order valence-corrected chi connectivity index (χ0v) is 13.1. The number of carboxylic acid groups (broad SMARTS) is 1. The van der Waals surface area contributed by atoms with Gasteiger partial charge in [-0.05, 0) is 38.5 Å². The number of aliphatic carboxylic acids is 1. The minimum atomic E-state index is -3.85. The third-order valence-electron chi connectivity index (χ3n) is 2.75. The number of carbonyl (C=O) groups is 1. The van der Waals surface area contributed by atoms with E-state index < -0.39 is 21.5 Å². The fourth-order valence-electron chi connectivity index (χ4n) is 1.65. The first-order valence-electron chi connectivity index (χ1n) is 6.03. The van der Waals surface area contributed by atoms with E-state index in [0.717, 1.165) is 0 Å². The molecule has 0 amide bonds. The molecule has 0 bridgehead atoms. The van der Waals surface area contributed by atoms with E-state index >= 15 is 0 Å². The lowest BCUT2D eigenvalue weighted by molar-refractivity contribution is -0.137. The van der Waals surface area contributed by atoms with Crippen molar-refractivity contribution >= 4 is 27.6 Å². The average molecular weight is 331 g/mol. The van der Waals surface area contributed by atoms with E-state index in [1.165, 1.54) is 18.2 Å². The summed E-state index contributed by atoms with van der Waals surface area (Å²) in [6, 6.07) is 5.63. The molecule has 0 unspecified atom stereocenters. The lowest BCUT2D eigenvalue weighted by Gasteiger charge is -2.25. The van der Waals surface area contributed by atoms with Gasteiger partial charge in [-0.25, -0.2) is 13.1 Å². The van der Waals surface area contributed by atoms with Crippen molar-refractivity contribution in [3.05, 3.63) is 28.8 Å². The molecule has 0 aliphatic heterocycles. The lowest BCUT2D eigenvalue weighted by Crippen LogP contribution is -2.43. The van der Waals surface area contributed by atoms with E-state index in [1.54, 1.807) is 13.8 Å². The molecule has 0 aliphatic rings. The highest BCUT2D eigenvalue weighted by atomic mass is 35.5. The Morgan fingerprint density at radius 2 is 2.10 bits per heavy atom. The van der Waals surface area contributed by atoms with Crippen molar-refractivity contribution in [1.29, 1.82) is 5.26 Å². The summed E-state index contributed by atoms with van der Waals surface area (Å²) in [5.41, 5.74) is -0.738. The minimum absolute atomic E-state index is 0.0451. The van der Waals surface area contributed by atoms with E-state index in [2.05, 4.69) is 4.72 Å². The fraction of sp³-hybridized carbons (Fsp3) is 0.385. The van der Waals surface area contributed by atoms with Gasteiger partial charge in [0.2, 0.25) is 10.0 Å². The van der Waals surface area contributed by atoms with Gasteiger partial charge in [0.15, 0.2) is 0 Å². The summed E-state index contributed by atoms with van der Waals surface area (Å²) in [7, 11) is -3.85. The van der Waals surface area contributed by atoms with Crippen LogP contribution in [0.5, 0.6) is 0 Å². The van der Waals surface area contributed by atoms with Gasteiger partial charge in [-0.2, -0.15) is 5.26 Å². The summed E-state index contributed by atoms with van der Waals surface area (Å²) in [5, 5.41) is 17.5. The number of sulfonamides is 1. The first kappa shape index (κ1) is 17.4. The van der Waals surface area contributed by atoms with Crippen molar-refractivity contribution in [2.24, 2.45) is 0 Å². The molecule has 114 valence electrons. The monoisotopic (exact) mass is 330 g/mol. The van der Waals surface area contributed by atoms with Crippen molar-refractivity contribution in [3.63, 3.8) is 0 Å². The standard InChI is InChI=1S/C13H15ClN2O4S/c1-13(2,6-5-12(17)18)16-21(19,20)10-4-3-9(8-15)11(14)7-10/h3-4,7,16H,5-6H2,1-2H3,(H,17,18).